The van der Waals surface area contributed by atoms with Gasteiger partial charge in [0.2, 0.25) is 0 Å². The van der Waals surface area contributed by atoms with Crippen molar-refractivity contribution in [1.82, 2.24) is 0 Å². The number of anilines is 1. The molecule has 0 aliphatic heterocycles. The van der Waals surface area contributed by atoms with E-state index in [1.54, 1.807) is 5.32 Å². The van der Waals surface area contributed by atoms with Crippen LogP contribution in [0.15, 0.2) is 24.3 Å². The summed E-state index contributed by atoms with van der Waals surface area (Å²) in [6, 6.07) is 5.54. The van der Waals surface area contributed by atoms with E-state index >= 15 is 0 Å². The highest BCUT2D eigenvalue weighted by Gasteiger charge is 2.74. The monoisotopic (exact) mass is 363 g/mol. The lowest BCUT2D eigenvalue weighted by Gasteiger charge is -2.30. The molecule has 0 heterocycles. The number of hydrogen-bond acceptors (Lipinski definition) is 1. The predicted molar refractivity (Wildman–Crippen MR) is 63.6 cm³/mol. The highest BCUT2D eigenvalue weighted by Crippen LogP contribution is 2.50. The summed E-state index contributed by atoms with van der Waals surface area (Å²) in [6.07, 6.45) is -11.7. The van der Waals surface area contributed by atoms with Gasteiger partial charge in [0.15, 0.2) is 0 Å². The number of carbonyl (C=O) groups is 1. The maximum Gasteiger partial charge on any atom is 0.421 e. The molecule has 1 amide bonds. The molecule has 1 aromatic rings. The van der Waals surface area contributed by atoms with Crippen LogP contribution in [-0.2, 0) is 4.79 Å². The van der Waals surface area contributed by atoms with Gasteiger partial charge in [-0.25, -0.2) is 0 Å². The molecule has 1 N–H and O–H groups in total. The van der Waals surface area contributed by atoms with Crippen LogP contribution in [0.25, 0.3) is 0 Å². The van der Waals surface area contributed by atoms with E-state index in [0.29, 0.717) is 5.56 Å². The number of alkyl halides is 7. The van der Waals surface area contributed by atoms with E-state index in [-0.39, 0.29) is 5.69 Å². The Hall–Kier alpha value is -1.25. The van der Waals surface area contributed by atoms with Gasteiger partial charge in [-0.3, -0.25) is 4.79 Å². The van der Waals surface area contributed by atoms with E-state index < -0.39 is 22.6 Å². The molecule has 0 atom stereocenters. The van der Waals surface area contributed by atoms with Gasteiger partial charge >= 0.3 is 12.4 Å². The van der Waals surface area contributed by atoms with Gasteiger partial charge in [-0.1, -0.05) is 34.1 Å². The van der Waals surface area contributed by atoms with Gasteiger partial charge in [0.05, 0.1) is 0 Å². The first kappa shape index (κ1) is 16.8. The van der Waals surface area contributed by atoms with Crippen molar-refractivity contribution in [2.24, 2.45) is 0 Å². The van der Waals surface area contributed by atoms with Crippen molar-refractivity contribution in [3.8, 4) is 0 Å². The molecule has 1 aromatic carbocycles. The van der Waals surface area contributed by atoms with Gasteiger partial charge in [0.1, 0.15) is 0 Å². The average Bonchev–Trinajstić information content (AvgIpc) is 2.28. The summed E-state index contributed by atoms with van der Waals surface area (Å²) in [5.41, 5.74) is 0.204. The zero-order chi connectivity index (χ0) is 15.8. The Morgan fingerprint density at radius 3 is 1.90 bits per heavy atom. The number of aryl methyl sites for hydroxylation is 1. The quantitative estimate of drug-likeness (QED) is 0.619. The fourth-order valence-corrected chi connectivity index (χ4v) is 1.44. The molecular weight excluding hydrogens is 356 g/mol. The number of rotatable bonds is 2. The number of amides is 1. The number of benzene rings is 1. The summed E-state index contributed by atoms with van der Waals surface area (Å²) in [4.78, 5) is 11.5. The third kappa shape index (κ3) is 2.92. The second kappa shape index (κ2) is 5.27. The third-order valence-electron chi connectivity index (χ3n) is 2.49. The van der Waals surface area contributed by atoms with E-state index in [9.17, 15) is 31.1 Å². The molecule has 20 heavy (non-hydrogen) atoms. The highest BCUT2D eigenvalue weighted by atomic mass is 79.9. The predicted octanol–water partition coefficient (Wildman–Crippen LogP) is 4.19. The minimum absolute atomic E-state index is 0.130. The van der Waals surface area contributed by atoms with Crippen LogP contribution in [0.2, 0.25) is 0 Å². The number of hydrogen-bond donors (Lipinski definition) is 1. The molecular formula is C11H8BrF6NO. The molecule has 1 rings (SSSR count). The van der Waals surface area contributed by atoms with Gasteiger partial charge in [-0.05, 0) is 18.6 Å². The van der Waals surface area contributed by atoms with Crippen molar-refractivity contribution in [3.63, 3.8) is 0 Å². The van der Waals surface area contributed by atoms with Crippen LogP contribution in [0, 0.1) is 6.92 Å². The molecule has 0 radical (unpaired) electrons. The molecule has 0 saturated heterocycles. The first-order valence-electron chi connectivity index (χ1n) is 5.10. The molecule has 112 valence electrons. The summed E-state index contributed by atoms with van der Waals surface area (Å²) in [7, 11) is 0. The zero-order valence-corrected chi connectivity index (χ0v) is 11.4. The average molecular weight is 364 g/mol. The third-order valence-corrected chi connectivity index (χ3v) is 3.75. The first-order valence-corrected chi connectivity index (χ1v) is 5.90. The zero-order valence-electron chi connectivity index (χ0n) is 9.86. The Morgan fingerprint density at radius 2 is 1.50 bits per heavy atom. The van der Waals surface area contributed by atoms with Crippen LogP contribution >= 0.6 is 15.9 Å². The lowest BCUT2D eigenvalue weighted by atomic mass is 10.1. The Balaban J connectivity index is 3.19. The van der Waals surface area contributed by atoms with Gasteiger partial charge in [0, 0.05) is 5.69 Å². The maximum atomic E-state index is 12.6. The molecule has 0 spiro atoms. The normalized spacial score (nSPS) is 13.2. The van der Waals surface area contributed by atoms with Crippen LogP contribution in [0.3, 0.4) is 0 Å². The van der Waals surface area contributed by atoms with Gasteiger partial charge < -0.3 is 5.32 Å². The fraction of sp³-hybridized carbons (Fsp3) is 0.364. The molecule has 0 unspecified atom stereocenters. The maximum absolute atomic E-state index is 12.6. The molecule has 2 nitrogen and oxygen atoms in total. The van der Waals surface area contributed by atoms with Crippen LogP contribution in [-0.4, -0.2) is 22.6 Å². The lowest BCUT2D eigenvalue weighted by Crippen LogP contribution is -2.59. The van der Waals surface area contributed by atoms with Crippen molar-refractivity contribution in [2.75, 3.05) is 5.32 Å². The molecule has 0 aromatic heterocycles. The SMILES string of the molecule is Cc1ccccc1NC(=O)C(Br)(C(F)(F)F)C(F)(F)F. The topological polar surface area (TPSA) is 29.1 Å². The Morgan fingerprint density at radius 1 is 1.05 bits per heavy atom. The Kier molecular flexibility index (Phi) is 4.42. The molecule has 0 bridgehead atoms. The summed E-state index contributed by atoms with van der Waals surface area (Å²) in [5.74, 6) is -2.24. The standard InChI is InChI=1S/C11H8BrF6NO/c1-6-4-2-3-5-7(6)19-8(20)9(12,10(13,14)15)11(16,17)18/h2-5H,1H3,(H,19,20). The van der Waals surface area contributed by atoms with E-state index in [1.807, 2.05) is 0 Å². The Labute approximate surface area is 118 Å². The van der Waals surface area contributed by atoms with Crippen molar-refractivity contribution in [1.29, 1.82) is 0 Å². The second-order valence-electron chi connectivity index (χ2n) is 3.92. The van der Waals surface area contributed by atoms with E-state index in [4.69, 9.17) is 0 Å². The minimum Gasteiger partial charge on any atom is -0.324 e. The van der Waals surface area contributed by atoms with Gasteiger partial charge in [-0.15, -0.1) is 0 Å². The van der Waals surface area contributed by atoms with Gasteiger partial charge in [0.25, 0.3) is 10.2 Å². The van der Waals surface area contributed by atoms with Crippen molar-refractivity contribution < 1.29 is 31.1 Å². The minimum atomic E-state index is -5.84. The van der Waals surface area contributed by atoms with Crippen molar-refractivity contribution >= 4 is 27.5 Å². The molecule has 9 heteroatoms. The van der Waals surface area contributed by atoms with E-state index in [1.165, 1.54) is 47.1 Å². The van der Waals surface area contributed by atoms with Crippen LogP contribution in [0.4, 0.5) is 32.0 Å². The van der Waals surface area contributed by atoms with Crippen molar-refractivity contribution in [2.45, 2.75) is 23.6 Å². The molecule has 0 fully saturated rings. The van der Waals surface area contributed by atoms with Crippen LogP contribution in [0.5, 0.6) is 0 Å². The van der Waals surface area contributed by atoms with Crippen molar-refractivity contribution in [3.05, 3.63) is 29.8 Å². The summed E-state index contributed by atoms with van der Waals surface area (Å²) < 4.78 is 71.1. The molecule has 0 aliphatic carbocycles. The number of carbonyl (C=O) groups excluding carboxylic acids is 1. The summed E-state index contributed by atoms with van der Waals surface area (Å²) in [6.45, 7) is 1.44. The number of nitrogens with one attached hydrogen (secondary N) is 1. The highest BCUT2D eigenvalue weighted by molar-refractivity contribution is 9.10. The van der Waals surface area contributed by atoms with Crippen LogP contribution in [0.1, 0.15) is 5.56 Å². The second-order valence-corrected chi connectivity index (χ2v) is 5.11. The number of para-hydroxylation sites is 1. The smallest absolute Gasteiger partial charge is 0.324 e. The molecule has 0 saturated carbocycles. The first-order chi connectivity index (χ1) is 8.91. The van der Waals surface area contributed by atoms with E-state index in [0.717, 1.165) is 0 Å². The fourth-order valence-electron chi connectivity index (χ4n) is 1.34. The summed E-state index contributed by atoms with van der Waals surface area (Å²) in [5, 5.41) is 1.64. The Bertz CT molecular complexity index is 496. The lowest BCUT2D eigenvalue weighted by molar-refractivity contribution is -0.253. The summed E-state index contributed by atoms with van der Waals surface area (Å²) >= 11 is 1.51. The molecule has 0 aliphatic rings. The van der Waals surface area contributed by atoms with Crippen LogP contribution < -0.4 is 5.32 Å². The van der Waals surface area contributed by atoms with E-state index in [2.05, 4.69) is 0 Å². The number of halogens is 7. The largest absolute Gasteiger partial charge is 0.421 e. The van der Waals surface area contributed by atoms with Gasteiger partial charge in [-0.2, -0.15) is 26.3 Å².